The number of hydrogen-bond acceptors (Lipinski definition) is 12. The molecule has 6 heterocycles. The molecule has 0 bridgehead atoms. The minimum atomic E-state index is -0.394. The Balaban J connectivity index is 1.11. The molecule has 2 fully saturated rings. The molecule has 0 N–H and O–H groups in total. The molecule has 5 aromatic rings. The van der Waals surface area contributed by atoms with Crippen molar-refractivity contribution in [2.24, 2.45) is 0 Å². The van der Waals surface area contributed by atoms with E-state index in [1.807, 2.05) is 23.6 Å². The topological polar surface area (TPSA) is 106 Å². The van der Waals surface area contributed by atoms with Crippen LogP contribution < -0.4 is 19.1 Å². The Hall–Kier alpha value is -3.39. The van der Waals surface area contributed by atoms with Gasteiger partial charge in [-0.1, -0.05) is 0 Å². The lowest BCUT2D eigenvalue weighted by Crippen LogP contribution is -2.45. The van der Waals surface area contributed by atoms with Gasteiger partial charge in [0.05, 0.1) is 44.7 Å². The number of thiazole rings is 1. The first-order valence-electron chi connectivity index (χ1n) is 12.2. The van der Waals surface area contributed by atoms with Crippen molar-refractivity contribution >= 4 is 43.7 Å². The Morgan fingerprint density at radius 3 is 2.71 bits per heavy atom. The van der Waals surface area contributed by atoms with Crippen LogP contribution in [0.2, 0.25) is 0 Å². The number of ether oxygens (including phenoxy) is 5. The highest BCUT2D eigenvalue weighted by atomic mass is 32.1. The summed E-state index contributed by atoms with van der Waals surface area (Å²) in [4.78, 5) is 12.3. The molecule has 1 aromatic carbocycles. The summed E-state index contributed by atoms with van der Waals surface area (Å²) in [6.07, 6.45) is 3.43. The predicted octanol–water partition coefficient (Wildman–Crippen LogP) is 4.60. The maximum absolute atomic E-state index is 6.25. The molecule has 0 unspecified atom stereocenters. The number of nitrogens with zero attached hydrogens (tertiary/aromatic N) is 5. The van der Waals surface area contributed by atoms with Crippen LogP contribution in [0, 0.1) is 0 Å². The van der Waals surface area contributed by atoms with E-state index >= 15 is 0 Å². The largest absolute Gasteiger partial charge is 0.496 e. The first-order chi connectivity index (χ1) is 18.6. The first-order valence-corrected chi connectivity index (χ1v) is 13.9. The van der Waals surface area contributed by atoms with Gasteiger partial charge >= 0.3 is 0 Å². The van der Waals surface area contributed by atoms with Crippen molar-refractivity contribution < 1.29 is 28.1 Å². The number of hydrogen-bond donors (Lipinski definition) is 0. The van der Waals surface area contributed by atoms with Gasteiger partial charge in [0.2, 0.25) is 4.96 Å². The Bertz CT molecular complexity index is 1590. The summed E-state index contributed by atoms with van der Waals surface area (Å²) >= 11 is 2.99. The normalized spacial score (nSPS) is 17.2. The van der Waals surface area contributed by atoms with Crippen molar-refractivity contribution in [1.82, 2.24) is 19.6 Å². The van der Waals surface area contributed by atoms with Crippen molar-refractivity contribution in [3.63, 3.8) is 0 Å². The van der Waals surface area contributed by atoms with Crippen LogP contribution in [0.3, 0.4) is 0 Å². The van der Waals surface area contributed by atoms with Gasteiger partial charge in [0.1, 0.15) is 29.4 Å². The molecular weight excluding hydrogens is 530 g/mol. The smallest absolute Gasteiger partial charge is 0.294 e. The Labute approximate surface area is 225 Å². The molecule has 4 aromatic heterocycles. The average molecular weight is 556 g/mol. The zero-order valence-electron chi connectivity index (χ0n) is 20.8. The summed E-state index contributed by atoms with van der Waals surface area (Å²) in [6, 6.07) is 5.63. The van der Waals surface area contributed by atoms with Crippen LogP contribution in [0.5, 0.6) is 16.7 Å². The number of imidazole rings is 1. The second kappa shape index (κ2) is 9.42. The number of anilines is 1. The summed E-state index contributed by atoms with van der Waals surface area (Å²) in [6.45, 7) is 3.40. The van der Waals surface area contributed by atoms with E-state index < -0.39 is 5.79 Å². The van der Waals surface area contributed by atoms with E-state index in [1.165, 1.54) is 11.3 Å². The number of methoxy groups -OCH3 is 2. The van der Waals surface area contributed by atoms with Crippen LogP contribution in [0.1, 0.15) is 18.5 Å². The summed E-state index contributed by atoms with van der Waals surface area (Å²) in [7, 11) is 3.20. The van der Waals surface area contributed by atoms with Gasteiger partial charge in [-0.2, -0.15) is 4.52 Å². The SMILES string of the molecule is COc1cc(OCc2csc(N3CCC4(CC3)OCCO4)n2)c2cc(-c3cnc4sc(OC)nn34)oc2c1. The quantitative estimate of drug-likeness (QED) is 0.283. The van der Waals surface area contributed by atoms with Gasteiger partial charge in [0.25, 0.3) is 5.19 Å². The molecule has 7 rings (SSSR count). The highest BCUT2D eigenvalue weighted by Gasteiger charge is 2.40. The van der Waals surface area contributed by atoms with E-state index in [4.69, 9.17) is 33.1 Å². The molecule has 0 atom stereocenters. The highest BCUT2D eigenvalue weighted by molar-refractivity contribution is 7.18. The number of rotatable bonds is 7. The van der Waals surface area contributed by atoms with Crippen molar-refractivity contribution in [1.29, 1.82) is 0 Å². The van der Waals surface area contributed by atoms with Crippen LogP contribution in [-0.2, 0) is 16.1 Å². The van der Waals surface area contributed by atoms with Crippen LogP contribution in [-0.4, -0.2) is 65.9 Å². The molecule has 0 aliphatic carbocycles. The second-order valence-electron chi connectivity index (χ2n) is 9.06. The lowest BCUT2D eigenvalue weighted by molar-refractivity contribution is -0.169. The van der Waals surface area contributed by atoms with Crippen molar-refractivity contribution in [2.75, 3.05) is 45.4 Å². The molecule has 13 heteroatoms. The molecular formula is C25H25N5O6S2. The maximum Gasteiger partial charge on any atom is 0.294 e. The summed E-state index contributed by atoms with van der Waals surface area (Å²) < 4.78 is 36.6. The molecule has 0 radical (unpaired) electrons. The molecule has 2 saturated heterocycles. The minimum Gasteiger partial charge on any atom is -0.496 e. The van der Waals surface area contributed by atoms with Crippen molar-refractivity contribution in [3.05, 3.63) is 35.5 Å². The monoisotopic (exact) mass is 555 g/mol. The maximum atomic E-state index is 6.25. The molecule has 2 aliphatic rings. The number of benzene rings is 1. The number of fused-ring (bicyclic) bond motifs is 2. The highest BCUT2D eigenvalue weighted by Crippen LogP contribution is 2.39. The van der Waals surface area contributed by atoms with Gasteiger partial charge in [-0.05, 0) is 17.4 Å². The molecule has 1 spiro atoms. The Morgan fingerprint density at radius 1 is 1.08 bits per heavy atom. The minimum absolute atomic E-state index is 0.323. The second-order valence-corrected chi connectivity index (χ2v) is 10.8. The van der Waals surface area contributed by atoms with Gasteiger partial charge in [-0.25, -0.2) is 9.97 Å². The standard InChI is InChI=1S/C25H25N5O6S2/c1-31-16-9-19(17-11-21(36-20(17)10-16)18-12-26-22-30(18)28-24(32-2)38-22)33-13-15-14-37-23(27-15)29-5-3-25(4-6-29)34-7-8-35-25/h9-12,14H,3-8,13H2,1-2H3. The molecule has 11 nitrogen and oxygen atoms in total. The van der Waals surface area contributed by atoms with Gasteiger partial charge in [0.15, 0.2) is 16.7 Å². The van der Waals surface area contributed by atoms with Gasteiger partial charge in [0, 0.05) is 43.4 Å². The third kappa shape index (κ3) is 4.15. The van der Waals surface area contributed by atoms with Crippen molar-refractivity contribution in [3.8, 4) is 28.1 Å². The average Bonchev–Trinajstić information content (AvgIpc) is 3.76. The number of furan rings is 1. The molecule has 0 saturated carbocycles. The van der Waals surface area contributed by atoms with Gasteiger partial charge in [-0.3, -0.25) is 0 Å². The van der Waals surface area contributed by atoms with Gasteiger partial charge in [-0.15, -0.1) is 16.4 Å². The summed E-state index contributed by atoms with van der Waals surface area (Å²) in [5.74, 6) is 1.51. The van der Waals surface area contributed by atoms with E-state index in [1.54, 1.807) is 36.3 Å². The third-order valence-corrected chi connectivity index (χ3v) is 8.66. The Morgan fingerprint density at radius 2 is 1.92 bits per heavy atom. The molecule has 198 valence electrons. The van der Waals surface area contributed by atoms with E-state index in [-0.39, 0.29) is 0 Å². The molecule has 2 aliphatic heterocycles. The predicted molar refractivity (Wildman–Crippen MR) is 142 cm³/mol. The van der Waals surface area contributed by atoms with Crippen LogP contribution >= 0.6 is 22.7 Å². The number of piperidine rings is 1. The number of aromatic nitrogens is 4. The van der Waals surface area contributed by atoms with Crippen molar-refractivity contribution in [2.45, 2.75) is 25.2 Å². The Kier molecular flexibility index (Phi) is 5.87. The van der Waals surface area contributed by atoms with E-state index in [0.29, 0.717) is 47.9 Å². The molecule has 0 amide bonds. The van der Waals surface area contributed by atoms with Crippen LogP contribution in [0.15, 0.2) is 34.2 Å². The fourth-order valence-electron chi connectivity index (χ4n) is 4.86. The lowest BCUT2D eigenvalue weighted by Gasteiger charge is -2.37. The van der Waals surface area contributed by atoms with E-state index in [0.717, 1.165) is 52.8 Å². The van der Waals surface area contributed by atoms with E-state index in [9.17, 15) is 0 Å². The lowest BCUT2D eigenvalue weighted by atomic mass is 10.0. The first kappa shape index (κ1) is 23.7. The van der Waals surface area contributed by atoms with Crippen LogP contribution in [0.4, 0.5) is 5.13 Å². The fraction of sp³-hybridized carbons (Fsp3) is 0.400. The zero-order chi connectivity index (χ0) is 25.7. The van der Waals surface area contributed by atoms with E-state index in [2.05, 4.69) is 15.0 Å². The van der Waals surface area contributed by atoms with Gasteiger partial charge < -0.3 is 33.0 Å². The zero-order valence-corrected chi connectivity index (χ0v) is 22.5. The summed E-state index contributed by atoms with van der Waals surface area (Å²) in [5.41, 5.74) is 2.23. The summed E-state index contributed by atoms with van der Waals surface area (Å²) in [5, 5.41) is 8.82. The fourth-order valence-corrected chi connectivity index (χ4v) is 6.41. The van der Waals surface area contributed by atoms with Crippen LogP contribution in [0.25, 0.3) is 27.4 Å². The third-order valence-electron chi connectivity index (χ3n) is 6.83. The molecule has 38 heavy (non-hydrogen) atoms.